The van der Waals surface area contributed by atoms with Crippen LogP contribution in [0.15, 0.2) is 29.2 Å². The number of pyridine rings is 2. The van der Waals surface area contributed by atoms with E-state index in [1.54, 1.807) is 6.20 Å². The number of piperazine rings is 1. The molecule has 0 bridgehead atoms. The molecule has 0 radical (unpaired) electrons. The van der Waals surface area contributed by atoms with Crippen molar-refractivity contribution < 1.29 is 9.90 Å². The lowest BCUT2D eigenvalue weighted by atomic mass is 10.1. The van der Waals surface area contributed by atoms with Crippen LogP contribution in [0, 0.1) is 0 Å². The normalized spacial score (nSPS) is 18.3. The number of anilines is 1. The fourth-order valence-electron chi connectivity index (χ4n) is 3.15. The Labute approximate surface area is 134 Å². The molecule has 0 aromatic carbocycles. The Morgan fingerprint density at radius 1 is 1.43 bits per heavy atom. The van der Waals surface area contributed by atoms with Gasteiger partial charge >= 0.3 is 5.97 Å². The summed E-state index contributed by atoms with van der Waals surface area (Å²) in [6.45, 7) is 6.87. The zero-order valence-electron chi connectivity index (χ0n) is 13.4. The number of aryl methyl sites for hydroxylation is 1. The molecule has 1 atom stereocenters. The van der Waals surface area contributed by atoms with Gasteiger partial charge in [-0.05, 0) is 37.1 Å². The molecule has 23 heavy (non-hydrogen) atoms. The fourth-order valence-corrected chi connectivity index (χ4v) is 3.15. The van der Waals surface area contributed by atoms with Crippen LogP contribution in [0.3, 0.4) is 0 Å². The molecule has 2 N–H and O–H groups in total. The van der Waals surface area contributed by atoms with E-state index in [0.717, 1.165) is 36.4 Å². The summed E-state index contributed by atoms with van der Waals surface area (Å²) in [6, 6.07) is 5.80. The Bertz CT molecular complexity index is 813. The SMILES string of the molecule is CCc1cc(C(=O)O)c(=O)n2ccc(N3CCNC(C)C3)cc12. The maximum Gasteiger partial charge on any atom is 0.341 e. The van der Waals surface area contributed by atoms with E-state index in [-0.39, 0.29) is 5.56 Å². The predicted molar refractivity (Wildman–Crippen MR) is 89.7 cm³/mol. The van der Waals surface area contributed by atoms with Crippen molar-refractivity contribution in [1.82, 2.24) is 9.72 Å². The van der Waals surface area contributed by atoms with Gasteiger partial charge in [0.05, 0.1) is 5.52 Å². The zero-order chi connectivity index (χ0) is 16.6. The van der Waals surface area contributed by atoms with Crippen molar-refractivity contribution in [2.45, 2.75) is 26.3 Å². The van der Waals surface area contributed by atoms with Crippen LogP contribution < -0.4 is 15.8 Å². The van der Waals surface area contributed by atoms with Crippen LogP contribution in [0.5, 0.6) is 0 Å². The Kier molecular flexibility index (Phi) is 4.09. The van der Waals surface area contributed by atoms with Crippen molar-refractivity contribution in [2.75, 3.05) is 24.5 Å². The van der Waals surface area contributed by atoms with Gasteiger partial charge in [-0.25, -0.2) is 4.79 Å². The minimum Gasteiger partial charge on any atom is -0.477 e. The maximum absolute atomic E-state index is 12.3. The van der Waals surface area contributed by atoms with E-state index in [9.17, 15) is 14.7 Å². The molecule has 1 aliphatic rings. The van der Waals surface area contributed by atoms with Gasteiger partial charge in [0, 0.05) is 37.6 Å². The van der Waals surface area contributed by atoms with Gasteiger partial charge < -0.3 is 15.3 Å². The van der Waals surface area contributed by atoms with Gasteiger partial charge in [-0.3, -0.25) is 9.20 Å². The molecular weight excluding hydrogens is 294 g/mol. The molecule has 6 heteroatoms. The summed E-state index contributed by atoms with van der Waals surface area (Å²) >= 11 is 0. The van der Waals surface area contributed by atoms with Crippen molar-refractivity contribution in [3.8, 4) is 0 Å². The van der Waals surface area contributed by atoms with E-state index < -0.39 is 11.5 Å². The van der Waals surface area contributed by atoms with Gasteiger partial charge in [-0.1, -0.05) is 6.92 Å². The van der Waals surface area contributed by atoms with Crippen LogP contribution in [-0.4, -0.2) is 41.2 Å². The molecule has 1 saturated heterocycles. The average Bonchev–Trinajstić information content (AvgIpc) is 2.54. The van der Waals surface area contributed by atoms with E-state index >= 15 is 0 Å². The number of hydrogen-bond acceptors (Lipinski definition) is 4. The van der Waals surface area contributed by atoms with Crippen LogP contribution >= 0.6 is 0 Å². The van der Waals surface area contributed by atoms with E-state index in [2.05, 4.69) is 17.1 Å². The van der Waals surface area contributed by atoms with E-state index in [4.69, 9.17) is 0 Å². The Hall–Kier alpha value is -2.34. The minimum atomic E-state index is -1.18. The second kappa shape index (κ2) is 6.04. The molecule has 3 rings (SSSR count). The second-order valence-corrected chi connectivity index (χ2v) is 5.99. The molecule has 1 fully saturated rings. The molecule has 3 heterocycles. The molecule has 0 saturated carbocycles. The molecule has 1 aliphatic heterocycles. The average molecular weight is 315 g/mol. The van der Waals surface area contributed by atoms with Crippen LogP contribution in [-0.2, 0) is 6.42 Å². The number of aromatic nitrogens is 1. The smallest absolute Gasteiger partial charge is 0.341 e. The molecule has 2 aromatic heterocycles. The standard InChI is InChI=1S/C17H21N3O3/c1-3-12-8-14(17(22)23)16(21)20-6-4-13(9-15(12)20)19-7-5-18-11(2)10-19/h4,6,8-9,11,18H,3,5,7,10H2,1-2H3,(H,22,23). The third-order valence-electron chi connectivity index (χ3n) is 4.38. The van der Waals surface area contributed by atoms with Crippen LogP contribution in [0.1, 0.15) is 29.8 Å². The van der Waals surface area contributed by atoms with Gasteiger partial charge in [0.15, 0.2) is 0 Å². The quantitative estimate of drug-likeness (QED) is 0.894. The molecule has 6 nitrogen and oxygen atoms in total. The third kappa shape index (κ3) is 2.82. The van der Waals surface area contributed by atoms with Gasteiger partial charge in [-0.2, -0.15) is 0 Å². The lowest BCUT2D eigenvalue weighted by Crippen LogP contribution is -2.49. The number of carbonyl (C=O) groups is 1. The minimum absolute atomic E-state index is 0.178. The maximum atomic E-state index is 12.3. The summed E-state index contributed by atoms with van der Waals surface area (Å²) in [6.07, 6.45) is 2.36. The first-order chi connectivity index (χ1) is 11.0. The molecule has 0 aliphatic carbocycles. The number of aromatic carboxylic acids is 1. The fraction of sp³-hybridized carbons (Fsp3) is 0.412. The number of carboxylic acid groups (broad SMARTS) is 1. The second-order valence-electron chi connectivity index (χ2n) is 5.99. The van der Waals surface area contributed by atoms with Gasteiger partial charge in [0.25, 0.3) is 5.56 Å². The van der Waals surface area contributed by atoms with Crippen molar-refractivity contribution in [1.29, 1.82) is 0 Å². The number of rotatable bonds is 3. The van der Waals surface area contributed by atoms with Crippen molar-refractivity contribution in [3.05, 3.63) is 45.9 Å². The lowest BCUT2D eigenvalue weighted by Gasteiger charge is -2.33. The first-order valence-electron chi connectivity index (χ1n) is 7.91. The number of carboxylic acids is 1. The van der Waals surface area contributed by atoms with Gasteiger partial charge in [0.2, 0.25) is 0 Å². The van der Waals surface area contributed by atoms with E-state index in [1.165, 1.54) is 10.5 Å². The molecule has 0 spiro atoms. The summed E-state index contributed by atoms with van der Waals surface area (Å²) in [7, 11) is 0. The van der Waals surface area contributed by atoms with Crippen molar-refractivity contribution >= 4 is 17.2 Å². The van der Waals surface area contributed by atoms with Crippen molar-refractivity contribution in [3.63, 3.8) is 0 Å². The summed E-state index contributed by atoms with van der Waals surface area (Å²) < 4.78 is 1.44. The largest absolute Gasteiger partial charge is 0.477 e. The number of fused-ring (bicyclic) bond motifs is 1. The summed E-state index contributed by atoms with van der Waals surface area (Å²) in [5, 5.41) is 12.6. The highest BCUT2D eigenvalue weighted by atomic mass is 16.4. The molecule has 2 aromatic rings. The Morgan fingerprint density at radius 3 is 2.87 bits per heavy atom. The Balaban J connectivity index is 2.14. The Morgan fingerprint density at radius 2 is 2.22 bits per heavy atom. The lowest BCUT2D eigenvalue weighted by molar-refractivity contribution is 0.0694. The van der Waals surface area contributed by atoms with Crippen LogP contribution in [0.25, 0.3) is 5.52 Å². The number of nitrogens with zero attached hydrogens (tertiary/aromatic N) is 2. The highest BCUT2D eigenvalue weighted by molar-refractivity contribution is 5.88. The first-order valence-corrected chi connectivity index (χ1v) is 7.91. The van der Waals surface area contributed by atoms with Crippen LogP contribution in [0.4, 0.5) is 5.69 Å². The monoisotopic (exact) mass is 315 g/mol. The third-order valence-corrected chi connectivity index (χ3v) is 4.38. The predicted octanol–water partition coefficient (Wildman–Crippen LogP) is 1.36. The highest BCUT2D eigenvalue weighted by Gasteiger charge is 2.18. The first kappa shape index (κ1) is 15.6. The topological polar surface area (TPSA) is 74.0 Å². The zero-order valence-corrected chi connectivity index (χ0v) is 13.4. The molecule has 1 unspecified atom stereocenters. The van der Waals surface area contributed by atoms with Crippen LogP contribution in [0.2, 0.25) is 0 Å². The summed E-state index contributed by atoms with van der Waals surface area (Å²) in [5.41, 5.74) is 2.06. The van der Waals surface area contributed by atoms with Gasteiger partial charge in [-0.15, -0.1) is 0 Å². The molecule has 122 valence electrons. The van der Waals surface area contributed by atoms with E-state index in [1.807, 2.05) is 19.1 Å². The highest BCUT2D eigenvalue weighted by Crippen LogP contribution is 2.21. The molecule has 0 amide bonds. The summed E-state index contributed by atoms with van der Waals surface area (Å²) in [5.74, 6) is -1.18. The van der Waals surface area contributed by atoms with Gasteiger partial charge in [0.1, 0.15) is 5.56 Å². The van der Waals surface area contributed by atoms with E-state index in [0.29, 0.717) is 12.5 Å². The molecular formula is C17H21N3O3. The number of nitrogens with one attached hydrogen (secondary N) is 1. The van der Waals surface area contributed by atoms with Crippen molar-refractivity contribution in [2.24, 2.45) is 0 Å². The number of hydrogen-bond donors (Lipinski definition) is 2. The summed E-state index contributed by atoms with van der Waals surface area (Å²) in [4.78, 5) is 25.9.